The van der Waals surface area contributed by atoms with E-state index in [0.29, 0.717) is 25.6 Å². The van der Waals surface area contributed by atoms with Crippen LogP contribution < -0.4 is 10.1 Å². The van der Waals surface area contributed by atoms with Crippen molar-refractivity contribution >= 4 is 6.03 Å². The van der Waals surface area contributed by atoms with E-state index in [9.17, 15) is 9.18 Å². The van der Waals surface area contributed by atoms with E-state index in [1.165, 1.54) is 12.1 Å². The number of benzene rings is 2. The number of urea groups is 1. The van der Waals surface area contributed by atoms with Gasteiger partial charge in [-0.3, -0.25) is 0 Å². The highest BCUT2D eigenvalue weighted by Gasteiger charge is 2.28. The first kappa shape index (κ1) is 28.3. The number of nitrogens with one attached hydrogen (secondary N) is 1. The molecule has 2 heterocycles. The topological polar surface area (TPSA) is 63.3 Å². The van der Waals surface area contributed by atoms with Crippen LogP contribution in [-0.4, -0.2) is 67.6 Å². The van der Waals surface area contributed by atoms with Gasteiger partial charge in [0.25, 0.3) is 0 Å². The molecule has 0 spiro atoms. The molecule has 8 heteroatoms. The summed E-state index contributed by atoms with van der Waals surface area (Å²) in [5, 5.41) is 3.10. The quantitative estimate of drug-likeness (QED) is 0.436. The van der Waals surface area contributed by atoms with Crippen LogP contribution in [0.1, 0.15) is 50.7 Å². The summed E-state index contributed by atoms with van der Waals surface area (Å²) in [6.07, 6.45) is 3.52. The van der Waals surface area contributed by atoms with E-state index in [4.69, 9.17) is 14.2 Å². The second-order valence-corrected chi connectivity index (χ2v) is 10.6. The molecule has 2 saturated heterocycles. The average molecular weight is 528 g/mol. The van der Waals surface area contributed by atoms with E-state index in [1.54, 1.807) is 12.1 Å². The maximum Gasteiger partial charge on any atom is 0.318 e. The molecule has 2 amide bonds. The van der Waals surface area contributed by atoms with Crippen molar-refractivity contribution in [3.63, 3.8) is 0 Å². The molecule has 0 radical (unpaired) electrons. The number of hydrogen-bond acceptors (Lipinski definition) is 5. The fourth-order valence-electron chi connectivity index (χ4n) is 4.84. The molecule has 2 aliphatic heterocycles. The van der Waals surface area contributed by atoms with Crippen molar-refractivity contribution in [2.75, 3.05) is 39.5 Å². The number of halogens is 1. The zero-order valence-electron chi connectivity index (χ0n) is 22.7. The predicted octanol–water partition coefficient (Wildman–Crippen LogP) is 5.19. The molecule has 7 nitrogen and oxygen atoms in total. The Kier molecular flexibility index (Phi) is 10.8. The Morgan fingerprint density at radius 3 is 2.37 bits per heavy atom. The number of rotatable bonds is 11. The first-order valence-electron chi connectivity index (χ1n) is 13.9. The van der Waals surface area contributed by atoms with Gasteiger partial charge < -0.3 is 29.3 Å². The van der Waals surface area contributed by atoms with Gasteiger partial charge in [-0.15, -0.1) is 0 Å². The van der Waals surface area contributed by atoms with Crippen LogP contribution in [0.15, 0.2) is 48.5 Å². The minimum absolute atomic E-state index is 0.0990. The predicted molar refractivity (Wildman–Crippen MR) is 145 cm³/mol. The molecule has 0 aliphatic carbocycles. The van der Waals surface area contributed by atoms with Gasteiger partial charge in [-0.05, 0) is 60.6 Å². The van der Waals surface area contributed by atoms with Gasteiger partial charge in [0, 0.05) is 45.2 Å². The molecule has 2 aromatic rings. The summed E-state index contributed by atoms with van der Waals surface area (Å²) in [5.41, 5.74) is 1.93. The van der Waals surface area contributed by atoms with Gasteiger partial charge in [0.05, 0.1) is 19.8 Å². The number of hydrogen-bond donors (Lipinski definition) is 1. The van der Waals surface area contributed by atoms with E-state index >= 15 is 0 Å². The number of likely N-dealkylation sites (tertiary alicyclic amines) is 1. The molecule has 0 bridgehead atoms. The maximum atomic E-state index is 13.5. The Hall–Kier alpha value is -2.68. The maximum absolute atomic E-state index is 13.5. The van der Waals surface area contributed by atoms with E-state index in [-0.39, 0.29) is 24.2 Å². The fraction of sp³-hybridized carbons (Fsp3) is 0.567. The first-order valence-corrected chi connectivity index (χ1v) is 13.9. The summed E-state index contributed by atoms with van der Waals surface area (Å²) in [6, 6.07) is 14.3. The van der Waals surface area contributed by atoms with Gasteiger partial charge in [0.15, 0.2) is 6.29 Å². The average Bonchev–Trinajstić information content (AvgIpc) is 2.95. The van der Waals surface area contributed by atoms with Crippen LogP contribution in [0.2, 0.25) is 0 Å². The molecular weight excluding hydrogens is 485 g/mol. The van der Waals surface area contributed by atoms with E-state index in [2.05, 4.69) is 24.1 Å². The van der Waals surface area contributed by atoms with Crippen LogP contribution in [-0.2, 0) is 22.6 Å². The van der Waals surface area contributed by atoms with Gasteiger partial charge in [-0.1, -0.05) is 38.1 Å². The third-order valence-electron chi connectivity index (χ3n) is 7.05. The molecule has 2 aromatic carbocycles. The first-order chi connectivity index (χ1) is 18.5. The molecule has 38 heavy (non-hydrogen) atoms. The third kappa shape index (κ3) is 8.96. The van der Waals surface area contributed by atoms with Gasteiger partial charge in [-0.2, -0.15) is 0 Å². The van der Waals surface area contributed by atoms with Crippen molar-refractivity contribution in [3.05, 3.63) is 65.5 Å². The Balaban J connectivity index is 1.31. The molecule has 4 rings (SSSR count). The smallest absolute Gasteiger partial charge is 0.318 e. The number of piperidine rings is 1. The zero-order chi connectivity index (χ0) is 26.7. The van der Waals surface area contributed by atoms with Crippen LogP contribution in [0.5, 0.6) is 5.75 Å². The SMILES string of the molecule is CC(C)COc1ccc(CNC(=O)N(Cc2ccc(F)cc2)C2CCN(CCC3OCCCO3)CC2)cc1. The monoisotopic (exact) mass is 527 g/mol. The lowest BCUT2D eigenvalue weighted by Crippen LogP contribution is -2.50. The summed E-state index contributed by atoms with van der Waals surface area (Å²) in [7, 11) is 0. The van der Waals surface area contributed by atoms with Gasteiger partial charge >= 0.3 is 6.03 Å². The van der Waals surface area contributed by atoms with Crippen LogP contribution in [0, 0.1) is 11.7 Å². The molecule has 0 unspecified atom stereocenters. The Morgan fingerprint density at radius 1 is 1.05 bits per heavy atom. The highest BCUT2D eigenvalue weighted by Crippen LogP contribution is 2.21. The van der Waals surface area contributed by atoms with Gasteiger partial charge in [0.1, 0.15) is 11.6 Å². The number of nitrogens with zero attached hydrogens (tertiary/aromatic N) is 2. The second-order valence-electron chi connectivity index (χ2n) is 10.6. The van der Waals surface area contributed by atoms with Crippen molar-refractivity contribution in [1.82, 2.24) is 15.1 Å². The molecule has 0 aromatic heterocycles. The van der Waals surface area contributed by atoms with Crippen molar-refractivity contribution in [3.8, 4) is 5.75 Å². The van der Waals surface area contributed by atoms with Crippen molar-refractivity contribution < 1.29 is 23.4 Å². The minimum atomic E-state index is -0.273. The van der Waals surface area contributed by atoms with Crippen LogP contribution in [0.25, 0.3) is 0 Å². The molecular formula is C30H42FN3O4. The number of ether oxygens (including phenoxy) is 3. The van der Waals surface area contributed by atoms with Gasteiger partial charge in [-0.25, -0.2) is 9.18 Å². The summed E-state index contributed by atoms with van der Waals surface area (Å²) < 4.78 is 30.6. The number of carbonyl (C=O) groups excluding carboxylic acids is 1. The highest BCUT2D eigenvalue weighted by molar-refractivity contribution is 5.74. The zero-order valence-corrected chi connectivity index (χ0v) is 22.7. The summed E-state index contributed by atoms with van der Waals surface area (Å²) in [5.74, 6) is 1.03. The Labute approximate surface area is 226 Å². The lowest BCUT2D eigenvalue weighted by atomic mass is 10.0. The van der Waals surface area contributed by atoms with Crippen molar-refractivity contribution in [2.45, 2.75) is 65.0 Å². The normalized spacial score (nSPS) is 17.5. The van der Waals surface area contributed by atoms with Crippen molar-refractivity contribution in [2.24, 2.45) is 5.92 Å². The largest absolute Gasteiger partial charge is 0.493 e. The Bertz CT molecular complexity index is 972. The lowest BCUT2D eigenvalue weighted by Gasteiger charge is -2.39. The number of carbonyl (C=O) groups is 1. The third-order valence-corrected chi connectivity index (χ3v) is 7.05. The van der Waals surface area contributed by atoms with Crippen molar-refractivity contribution in [1.29, 1.82) is 0 Å². The molecule has 0 atom stereocenters. The minimum Gasteiger partial charge on any atom is -0.493 e. The van der Waals surface area contributed by atoms with E-state index in [1.807, 2.05) is 29.2 Å². The van der Waals surface area contributed by atoms with Gasteiger partial charge in [0.2, 0.25) is 0 Å². The summed E-state index contributed by atoms with van der Waals surface area (Å²) in [6.45, 7) is 10.1. The molecule has 208 valence electrons. The molecule has 1 N–H and O–H groups in total. The molecule has 0 saturated carbocycles. The summed E-state index contributed by atoms with van der Waals surface area (Å²) >= 11 is 0. The second kappa shape index (κ2) is 14.5. The standard InChI is InChI=1S/C30H42FN3O4/c1-23(2)22-38-28-10-6-24(7-11-28)20-32-30(35)34(21-25-4-8-26(31)9-5-25)27-12-15-33(16-13-27)17-14-29-36-18-3-19-37-29/h4-11,23,27,29H,3,12-22H2,1-2H3,(H,32,35). The van der Waals surface area contributed by atoms with Crippen LogP contribution >= 0.6 is 0 Å². The van der Waals surface area contributed by atoms with Crippen LogP contribution in [0.3, 0.4) is 0 Å². The molecule has 2 fully saturated rings. The molecule has 2 aliphatic rings. The highest BCUT2D eigenvalue weighted by atomic mass is 19.1. The van der Waals surface area contributed by atoms with E-state index in [0.717, 1.165) is 75.4 Å². The van der Waals surface area contributed by atoms with E-state index < -0.39 is 0 Å². The lowest BCUT2D eigenvalue weighted by molar-refractivity contribution is -0.182. The fourth-order valence-corrected chi connectivity index (χ4v) is 4.84. The van der Waals surface area contributed by atoms with Crippen LogP contribution in [0.4, 0.5) is 9.18 Å². The number of amides is 2. The summed E-state index contributed by atoms with van der Waals surface area (Å²) in [4.78, 5) is 17.8. The Morgan fingerprint density at radius 2 is 1.71 bits per heavy atom.